The SMILES string of the molecule is Cn1cc2c(c1C(=O)Nc1ccc(F)c(C#N)c1)CCC(CO)NS2=O. The molecule has 26 heavy (non-hydrogen) atoms. The molecule has 2 heterocycles. The van der Waals surface area contributed by atoms with Crippen LogP contribution in [0.25, 0.3) is 0 Å². The summed E-state index contributed by atoms with van der Waals surface area (Å²) in [6.07, 6.45) is 2.64. The second-order valence-corrected chi connectivity index (χ2v) is 7.21. The number of nitrogens with one attached hydrogen (secondary N) is 2. The molecule has 0 fully saturated rings. The first-order chi connectivity index (χ1) is 12.4. The fourth-order valence-corrected chi connectivity index (χ4v) is 4.24. The first-order valence-electron chi connectivity index (χ1n) is 7.92. The van der Waals surface area contributed by atoms with Crippen LogP contribution in [-0.4, -0.2) is 32.4 Å². The molecule has 0 radical (unpaired) electrons. The standard InChI is InChI=1S/C17H17FN4O3S/c1-22-8-15-13(4-2-12(9-23)21-26(15)25)16(22)17(24)20-11-3-5-14(18)10(6-11)7-19/h3,5-6,8,12,21,23H,2,4,9H2,1H3,(H,20,24). The van der Waals surface area contributed by atoms with Crippen molar-refractivity contribution in [2.45, 2.75) is 23.8 Å². The van der Waals surface area contributed by atoms with Crippen LogP contribution in [0, 0.1) is 17.1 Å². The normalized spacial score (nSPS) is 19.3. The number of nitriles is 1. The molecule has 0 saturated carbocycles. The summed E-state index contributed by atoms with van der Waals surface area (Å²) in [5.74, 6) is -1.10. The third-order valence-corrected chi connectivity index (χ3v) is 5.54. The number of benzene rings is 1. The number of amides is 1. The van der Waals surface area contributed by atoms with E-state index < -0.39 is 22.7 Å². The molecule has 2 unspecified atom stereocenters. The van der Waals surface area contributed by atoms with E-state index in [1.54, 1.807) is 23.9 Å². The molecule has 0 aliphatic carbocycles. The second kappa shape index (κ2) is 7.37. The van der Waals surface area contributed by atoms with Crippen molar-refractivity contribution < 1.29 is 18.5 Å². The van der Waals surface area contributed by atoms with Gasteiger partial charge in [0.05, 0.1) is 17.1 Å². The number of anilines is 1. The number of aliphatic hydroxyl groups excluding tert-OH is 1. The van der Waals surface area contributed by atoms with E-state index in [0.717, 1.165) is 6.07 Å². The molecule has 136 valence electrons. The number of nitrogens with zero attached hydrogens (tertiary/aromatic N) is 2. The van der Waals surface area contributed by atoms with Gasteiger partial charge in [-0.15, -0.1) is 0 Å². The van der Waals surface area contributed by atoms with Crippen molar-refractivity contribution in [3.05, 3.63) is 47.0 Å². The number of aliphatic hydroxyl groups is 1. The minimum atomic E-state index is -1.53. The van der Waals surface area contributed by atoms with Crippen LogP contribution in [-0.2, 0) is 24.5 Å². The second-order valence-electron chi connectivity index (χ2n) is 6.00. The van der Waals surface area contributed by atoms with E-state index in [9.17, 15) is 18.5 Å². The minimum absolute atomic E-state index is 0.143. The van der Waals surface area contributed by atoms with Gasteiger partial charge in [-0.05, 0) is 31.0 Å². The average Bonchev–Trinajstić information content (AvgIpc) is 2.88. The highest BCUT2D eigenvalue weighted by Gasteiger charge is 2.28. The third-order valence-electron chi connectivity index (χ3n) is 4.24. The minimum Gasteiger partial charge on any atom is -0.395 e. The van der Waals surface area contributed by atoms with Crippen molar-refractivity contribution in [2.24, 2.45) is 7.05 Å². The molecule has 3 rings (SSSR count). The van der Waals surface area contributed by atoms with Gasteiger partial charge >= 0.3 is 0 Å². The molecule has 2 atom stereocenters. The van der Waals surface area contributed by atoms with Crippen LogP contribution in [0.4, 0.5) is 10.1 Å². The molecule has 0 saturated heterocycles. The molecule has 7 nitrogen and oxygen atoms in total. The molecule has 2 aromatic rings. The van der Waals surface area contributed by atoms with Gasteiger partial charge in [0, 0.05) is 30.5 Å². The molecule has 1 aliphatic rings. The number of hydrogen-bond acceptors (Lipinski definition) is 4. The highest BCUT2D eigenvalue weighted by molar-refractivity contribution is 7.83. The van der Waals surface area contributed by atoms with Gasteiger partial charge in [-0.1, -0.05) is 0 Å². The molecule has 1 aromatic heterocycles. The summed E-state index contributed by atoms with van der Waals surface area (Å²) in [7, 11) is 0.150. The third kappa shape index (κ3) is 3.39. The first-order valence-corrected chi connectivity index (χ1v) is 9.07. The van der Waals surface area contributed by atoms with Crippen LogP contribution >= 0.6 is 0 Å². The van der Waals surface area contributed by atoms with Gasteiger partial charge < -0.3 is 15.0 Å². The number of carbonyl (C=O) groups excluding carboxylic acids is 1. The van der Waals surface area contributed by atoms with Gasteiger partial charge in [0.25, 0.3) is 5.91 Å². The predicted octanol–water partition coefficient (Wildman–Crippen LogP) is 1.21. The Balaban J connectivity index is 1.92. The van der Waals surface area contributed by atoms with Crippen molar-refractivity contribution in [1.82, 2.24) is 9.29 Å². The quantitative estimate of drug-likeness (QED) is 0.748. The Morgan fingerprint density at radius 3 is 3.04 bits per heavy atom. The molecule has 0 spiro atoms. The number of rotatable bonds is 3. The fourth-order valence-electron chi connectivity index (χ4n) is 2.95. The van der Waals surface area contributed by atoms with Gasteiger partial charge in [-0.2, -0.15) is 5.26 Å². The lowest BCUT2D eigenvalue weighted by Gasteiger charge is -2.12. The van der Waals surface area contributed by atoms with Gasteiger partial charge in [-0.3, -0.25) is 4.79 Å². The van der Waals surface area contributed by atoms with Gasteiger partial charge in [0.15, 0.2) is 0 Å². The van der Waals surface area contributed by atoms with E-state index in [1.807, 2.05) is 0 Å². The van der Waals surface area contributed by atoms with Gasteiger partial charge in [0.2, 0.25) is 0 Å². The maximum atomic E-state index is 13.4. The Morgan fingerprint density at radius 2 is 2.35 bits per heavy atom. The molecular weight excluding hydrogens is 359 g/mol. The summed E-state index contributed by atoms with van der Waals surface area (Å²) < 4.78 is 30.3. The Bertz CT molecular complexity index is 935. The van der Waals surface area contributed by atoms with Crippen LogP contribution in [0.2, 0.25) is 0 Å². The maximum absolute atomic E-state index is 13.4. The lowest BCUT2D eigenvalue weighted by Crippen LogP contribution is -2.32. The Morgan fingerprint density at radius 1 is 1.58 bits per heavy atom. The largest absolute Gasteiger partial charge is 0.395 e. The van der Waals surface area contributed by atoms with E-state index >= 15 is 0 Å². The summed E-state index contributed by atoms with van der Waals surface area (Å²) in [5.41, 5.74) is 1.12. The Labute approximate surface area is 152 Å². The Kier molecular flexibility index (Phi) is 5.18. The number of fused-ring (bicyclic) bond motifs is 1. The topological polar surface area (TPSA) is 107 Å². The van der Waals surface area contributed by atoms with Crippen molar-refractivity contribution in [1.29, 1.82) is 5.26 Å². The van der Waals surface area contributed by atoms with Crippen LogP contribution in [0.5, 0.6) is 0 Å². The summed E-state index contributed by atoms with van der Waals surface area (Å²) in [6, 6.07) is 5.17. The molecular formula is C17H17FN4O3S. The smallest absolute Gasteiger partial charge is 0.272 e. The van der Waals surface area contributed by atoms with E-state index in [2.05, 4.69) is 10.0 Å². The number of carbonyl (C=O) groups is 1. The number of hydrogen-bond donors (Lipinski definition) is 3. The lowest BCUT2D eigenvalue weighted by atomic mass is 10.1. The summed E-state index contributed by atoms with van der Waals surface area (Å²) in [6.45, 7) is -0.143. The molecule has 1 amide bonds. The summed E-state index contributed by atoms with van der Waals surface area (Å²) in [5, 5.41) is 20.9. The highest BCUT2D eigenvalue weighted by Crippen LogP contribution is 2.26. The molecule has 0 bridgehead atoms. The average molecular weight is 376 g/mol. The van der Waals surface area contributed by atoms with Crippen LogP contribution in [0.15, 0.2) is 29.3 Å². The van der Waals surface area contributed by atoms with E-state index in [0.29, 0.717) is 34.7 Å². The monoisotopic (exact) mass is 376 g/mol. The molecule has 1 aromatic carbocycles. The van der Waals surface area contributed by atoms with Gasteiger partial charge in [0.1, 0.15) is 28.6 Å². The van der Waals surface area contributed by atoms with Crippen LogP contribution in [0.1, 0.15) is 28.0 Å². The Hall–Kier alpha value is -2.54. The lowest BCUT2D eigenvalue weighted by molar-refractivity contribution is 0.101. The highest BCUT2D eigenvalue weighted by atomic mass is 32.2. The molecule has 3 N–H and O–H groups in total. The van der Waals surface area contributed by atoms with Crippen molar-refractivity contribution in [3.8, 4) is 6.07 Å². The van der Waals surface area contributed by atoms with Crippen LogP contribution in [0.3, 0.4) is 0 Å². The first kappa shape index (κ1) is 18.3. The summed E-state index contributed by atoms with van der Waals surface area (Å²) in [4.78, 5) is 13.3. The van der Waals surface area contributed by atoms with E-state index in [-0.39, 0.29) is 18.2 Å². The van der Waals surface area contributed by atoms with Crippen molar-refractivity contribution >= 4 is 22.6 Å². The number of halogens is 1. The number of aromatic nitrogens is 1. The zero-order valence-electron chi connectivity index (χ0n) is 14.0. The number of aryl methyl sites for hydroxylation is 1. The zero-order chi connectivity index (χ0) is 18.8. The van der Waals surface area contributed by atoms with E-state index in [4.69, 9.17) is 5.26 Å². The van der Waals surface area contributed by atoms with Crippen molar-refractivity contribution in [2.75, 3.05) is 11.9 Å². The van der Waals surface area contributed by atoms with Crippen molar-refractivity contribution in [3.63, 3.8) is 0 Å². The fraction of sp³-hybridized carbons (Fsp3) is 0.294. The molecule has 9 heteroatoms. The predicted molar refractivity (Wildman–Crippen MR) is 93.2 cm³/mol. The summed E-state index contributed by atoms with van der Waals surface area (Å²) >= 11 is 0. The van der Waals surface area contributed by atoms with E-state index in [1.165, 1.54) is 12.1 Å². The molecule has 1 aliphatic heterocycles. The zero-order valence-corrected chi connectivity index (χ0v) is 14.8. The van der Waals surface area contributed by atoms with Crippen LogP contribution < -0.4 is 10.0 Å². The van der Waals surface area contributed by atoms with Gasteiger partial charge in [-0.25, -0.2) is 13.3 Å². The maximum Gasteiger partial charge on any atom is 0.272 e.